The minimum absolute atomic E-state index is 0.257. The molecule has 1 aliphatic carbocycles. The number of hydrogen-bond donors (Lipinski definition) is 0. The summed E-state index contributed by atoms with van der Waals surface area (Å²) in [5, 5.41) is 0. The maximum Gasteiger partial charge on any atom is 0.140 e. The van der Waals surface area contributed by atoms with Gasteiger partial charge in [-0.2, -0.15) is 0 Å². The quantitative estimate of drug-likeness (QED) is 0.797. The van der Waals surface area contributed by atoms with Gasteiger partial charge in [-0.3, -0.25) is 4.79 Å². The smallest absolute Gasteiger partial charge is 0.140 e. The number of ether oxygens (including phenoxy) is 1. The lowest BCUT2D eigenvalue weighted by Crippen LogP contribution is -2.36. The van der Waals surface area contributed by atoms with Gasteiger partial charge in [0.15, 0.2) is 0 Å². The second kappa shape index (κ2) is 4.91. The van der Waals surface area contributed by atoms with Gasteiger partial charge in [0.25, 0.3) is 0 Å². The Morgan fingerprint density at radius 2 is 1.94 bits per heavy atom. The molecule has 0 amide bonds. The van der Waals surface area contributed by atoms with Gasteiger partial charge in [-0.25, -0.2) is 0 Å². The van der Waals surface area contributed by atoms with Gasteiger partial charge >= 0.3 is 0 Å². The van der Waals surface area contributed by atoms with Crippen LogP contribution in [-0.4, -0.2) is 12.9 Å². The van der Waals surface area contributed by atoms with Crippen molar-refractivity contribution in [1.82, 2.24) is 0 Å². The van der Waals surface area contributed by atoms with Gasteiger partial charge in [0, 0.05) is 0 Å². The lowest BCUT2D eigenvalue weighted by molar-refractivity contribution is -0.123. The largest absolute Gasteiger partial charge is 0.497 e. The Labute approximate surface area is 103 Å². The van der Waals surface area contributed by atoms with Crippen molar-refractivity contribution in [1.29, 1.82) is 0 Å². The van der Waals surface area contributed by atoms with Crippen LogP contribution in [0.1, 0.15) is 44.6 Å². The second-order valence-electron chi connectivity index (χ2n) is 4.93. The lowest BCUT2D eigenvalue weighted by atomic mass is 9.67. The number of methoxy groups -OCH3 is 1. The normalized spacial score (nSPS) is 18.7. The molecule has 0 spiro atoms. The van der Waals surface area contributed by atoms with Gasteiger partial charge in [0.2, 0.25) is 0 Å². The number of ketones is 1. The number of hydrogen-bond acceptors (Lipinski definition) is 2. The number of rotatable bonds is 3. The summed E-state index contributed by atoms with van der Waals surface area (Å²) in [6.07, 6.45) is 5.51. The third kappa shape index (κ3) is 2.21. The van der Waals surface area contributed by atoms with Crippen LogP contribution < -0.4 is 4.74 Å². The summed E-state index contributed by atoms with van der Waals surface area (Å²) in [6, 6.07) is 8.00. The molecule has 0 radical (unpaired) electrons. The van der Waals surface area contributed by atoms with Gasteiger partial charge in [0.05, 0.1) is 12.5 Å². The zero-order valence-corrected chi connectivity index (χ0v) is 10.7. The molecule has 0 aromatic heterocycles. The van der Waals surface area contributed by atoms with Crippen LogP contribution in [0.3, 0.4) is 0 Å². The van der Waals surface area contributed by atoms with Crippen molar-refractivity contribution in [3.05, 3.63) is 29.8 Å². The first kappa shape index (κ1) is 12.2. The number of Topliss-reactive ketones (excluding diaryl/α,β-unsaturated/α-hetero) is 1. The molecule has 0 N–H and O–H groups in total. The van der Waals surface area contributed by atoms with Gasteiger partial charge in [-0.05, 0) is 37.5 Å². The van der Waals surface area contributed by atoms with Crippen LogP contribution in [0.25, 0.3) is 0 Å². The average molecular weight is 232 g/mol. The van der Waals surface area contributed by atoms with E-state index in [0.717, 1.165) is 37.0 Å². The summed E-state index contributed by atoms with van der Waals surface area (Å²) in [6.45, 7) is 1.73. The minimum Gasteiger partial charge on any atom is -0.497 e. The summed E-state index contributed by atoms with van der Waals surface area (Å²) in [5.74, 6) is 1.14. The zero-order valence-electron chi connectivity index (χ0n) is 10.7. The second-order valence-corrected chi connectivity index (χ2v) is 4.93. The van der Waals surface area contributed by atoms with E-state index < -0.39 is 0 Å². The molecule has 1 aliphatic rings. The van der Waals surface area contributed by atoms with E-state index in [1.807, 2.05) is 18.2 Å². The maximum atomic E-state index is 12.1. The summed E-state index contributed by atoms with van der Waals surface area (Å²) in [7, 11) is 1.67. The first-order chi connectivity index (χ1) is 8.19. The molecule has 17 heavy (non-hydrogen) atoms. The number of carbonyl (C=O) groups is 1. The molecule has 1 aromatic carbocycles. The van der Waals surface area contributed by atoms with Crippen molar-refractivity contribution in [2.75, 3.05) is 7.11 Å². The van der Waals surface area contributed by atoms with E-state index in [-0.39, 0.29) is 5.41 Å². The molecule has 0 bridgehead atoms. The highest BCUT2D eigenvalue weighted by atomic mass is 16.5. The molecule has 0 aliphatic heterocycles. The molecular formula is C15H20O2. The summed E-state index contributed by atoms with van der Waals surface area (Å²) in [5.41, 5.74) is 0.872. The average Bonchev–Trinajstić information content (AvgIpc) is 2.39. The molecular weight excluding hydrogens is 212 g/mol. The van der Waals surface area contributed by atoms with E-state index in [9.17, 15) is 4.79 Å². The van der Waals surface area contributed by atoms with Crippen LogP contribution in [0.2, 0.25) is 0 Å². The highest BCUT2D eigenvalue weighted by molar-refractivity contribution is 5.88. The Morgan fingerprint density at radius 1 is 1.24 bits per heavy atom. The van der Waals surface area contributed by atoms with Crippen molar-refractivity contribution in [3.63, 3.8) is 0 Å². The fourth-order valence-corrected chi connectivity index (χ4v) is 2.92. The Kier molecular flexibility index (Phi) is 3.51. The van der Waals surface area contributed by atoms with Crippen molar-refractivity contribution >= 4 is 5.78 Å². The SMILES string of the molecule is COc1cccc(C2(C(C)=O)CCCCC2)c1. The van der Waals surface area contributed by atoms with Crippen LogP contribution in [0.5, 0.6) is 5.75 Å². The molecule has 0 saturated heterocycles. The predicted molar refractivity (Wildman–Crippen MR) is 68.4 cm³/mol. The Balaban J connectivity index is 2.41. The van der Waals surface area contributed by atoms with Crippen molar-refractivity contribution in [2.24, 2.45) is 0 Å². The van der Waals surface area contributed by atoms with Crippen LogP contribution in [0, 0.1) is 0 Å². The summed E-state index contributed by atoms with van der Waals surface area (Å²) < 4.78 is 5.26. The van der Waals surface area contributed by atoms with E-state index in [2.05, 4.69) is 6.07 Å². The molecule has 0 unspecified atom stereocenters. The van der Waals surface area contributed by atoms with Crippen molar-refractivity contribution in [3.8, 4) is 5.75 Å². The van der Waals surface area contributed by atoms with Crippen LogP contribution >= 0.6 is 0 Å². The maximum absolute atomic E-state index is 12.1. The van der Waals surface area contributed by atoms with Gasteiger partial charge < -0.3 is 4.74 Å². The molecule has 92 valence electrons. The molecule has 0 heterocycles. The fraction of sp³-hybridized carbons (Fsp3) is 0.533. The Bertz CT molecular complexity index is 403. The molecule has 1 aromatic rings. The van der Waals surface area contributed by atoms with Crippen LogP contribution in [0.4, 0.5) is 0 Å². The van der Waals surface area contributed by atoms with E-state index in [1.54, 1.807) is 14.0 Å². The molecule has 2 nitrogen and oxygen atoms in total. The Morgan fingerprint density at radius 3 is 2.53 bits per heavy atom. The highest BCUT2D eigenvalue weighted by Gasteiger charge is 2.38. The van der Waals surface area contributed by atoms with E-state index in [4.69, 9.17) is 4.74 Å². The van der Waals surface area contributed by atoms with Gasteiger partial charge in [-0.1, -0.05) is 31.4 Å². The minimum atomic E-state index is -0.257. The van der Waals surface area contributed by atoms with Crippen molar-refractivity contribution in [2.45, 2.75) is 44.4 Å². The molecule has 2 rings (SSSR count). The van der Waals surface area contributed by atoms with E-state index in [1.165, 1.54) is 6.42 Å². The third-order valence-electron chi connectivity index (χ3n) is 4.00. The Hall–Kier alpha value is -1.31. The molecule has 0 atom stereocenters. The highest BCUT2D eigenvalue weighted by Crippen LogP contribution is 2.41. The zero-order chi connectivity index (χ0) is 12.3. The first-order valence-electron chi connectivity index (χ1n) is 6.34. The fourth-order valence-electron chi connectivity index (χ4n) is 2.92. The summed E-state index contributed by atoms with van der Waals surface area (Å²) >= 11 is 0. The molecule has 2 heteroatoms. The number of carbonyl (C=O) groups excluding carboxylic acids is 1. The lowest BCUT2D eigenvalue weighted by Gasteiger charge is -2.35. The van der Waals surface area contributed by atoms with Crippen molar-refractivity contribution < 1.29 is 9.53 Å². The van der Waals surface area contributed by atoms with Gasteiger partial charge in [-0.15, -0.1) is 0 Å². The monoisotopic (exact) mass is 232 g/mol. The first-order valence-corrected chi connectivity index (χ1v) is 6.34. The third-order valence-corrected chi connectivity index (χ3v) is 4.00. The summed E-state index contributed by atoms with van der Waals surface area (Å²) in [4.78, 5) is 12.1. The van der Waals surface area contributed by atoms with Crippen LogP contribution in [-0.2, 0) is 10.2 Å². The predicted octanol–water partition coefficient (Wildman–Crippen LogP) is 3.49. The number of benzene rings is 1. The van der Waals surface area contributed by atoms with E-state index >= 15 is 0 Å². The molecule has 1 saturated carbocycles. The van der Waals surface area contributed by atoms with Crippen LogP contribution in [0.15, 0.2) is 24.3 Å². The van der Waals surface area contributed by atoms with E-state index in [0.29, 0.717) is 5.78 Å². The topological polar surface area (TPSA) is 26.3 Å². The standard InChI is InChI=1S/C15H20O2/c1-12(16)15(9-4-3-5-10-15)13-7-6-8-14(11-13)17-2/h6-8,11H,3-5,9-10H2,1-2H3. The van der Waals surface area contributed by atoms with Gasteiger partial charge in [0.1, 0.15) is 11.5 Å². The molecule has 1 fully saturated rings.